The topological polar surface area (TPSA) is 83.6 Å². The molecular weight excluding hydrogens is 216 g/mol. The fraction of sp³-hybridized carbons (Fsp3) is 0.556. The number of nitrogens with two attached hydrogens (primary N) is 1. The molecule has 1 fully saturated rings. The molecule has 0 aromatic rings. The molecule has 0 radical (unpaired) electrons. The van der Waals surface area contributed by atoms with E-state index >= 15 is 0 Å². The van der Waals surface area contributed by atoms with E-state index < -0.39 is 10.8 Å². The Bertz CT molecular complexity index is 318. The summed E-state index contributed by atoms with van der Waals surface area (Å²) < 4.78 is 0. The second-order valence-electron chi connectivity index (χ2n) is 3.55. The second kappa shape index (κ2) is 4.24. The number of amides is 1. The summed E-state index contributed by atoms with van der Waals surface area (Å²) in [6, 6.07) is 0. The smallest absolute Gasteiger partial charge is 0.341 e. The summed E-state index contributed by atoms with van der Waals surface area (Å²) in [5, 5.41) is 14.6. The lowest BCUT2D eigenvalue weighted by Crippen LogP contribution is -2.51. The molecule has 0 unspecified atom stereocenters. The first-order valence-corrected chi connectivity index (χ1v) is 5.42. The lowest BCUT2D eigenvalue weighted by molar-refractivity contribution is -0.149. The first-order valence-electron chi connectivity index (χ1n) is 4.54. The summed E-state index contributed by atoms with van der Waals surface area (Å²) in [6.07, 6.45) is 1.03. The molecule has 0 aromatic carbocycles. The van der Waals surface area contributed by atoms with Crippen LogP contribution in [0.2, 0.25) is 0 Å². The van der Waals surface area contributed by atoms with Gasteiger partial charge in [-0.05, 0) is 31.7 Å². The number of hydrogen-bond donors (Lipinski definition) is 2. The van der Waals surface area contributed by atoms with Crippen molar-refractivity contribution in [1.82, 2.24) is 4.90 Å². The zero-order valence-corrected chi connectivity index (χ0v) is 9.34. The Balaban J connectivity index is 3.02. The molecule has 5 nitrogen and oxygen atoms in total. The van der Waals surface area contributed by atoms with Crippen LogP contribution in [0.25, 0.3) is 0 Å². The first kappa shape index (κ1) is 12.1. The van der Waals surface area contributed by atoms with Gasteiger partial charge in [0.15, 0.2) is 0 Å². The highest BCUT2D eigenvalue weighted by molar-refractivity contribution is 7.99. The van der Waals surface area contributed by atoms with Crippen LogP contribution < -0.4 is 5.14 Å². The van der Waals surface area contributed by atoms with E-state index in [-0.39, 0.29) is 5.91 Å². The van der Waals surface area contributed by atoms with E-state index in [1.807, 2.05) is 0 Å². The molecule has 0 bridgehead atoms. The maximum atomic E-state index is 11.7. The van der Waals surface area contributed by atoms with Crippen molar-refractivity contribution >= 4 is 23.8 Å². The molecule has 6 heteroatoms. The Kier molecular flexibility index (Phi) is 3.41. The molecule has 1 amide bonds. The number of carboxylic acid groups (broad SMARTS) is 1. The highest BCUT2D eigenvalue weighted by atomic mass is 32.2. The van der Waals surface area contributed by atoms with Crippen LogP contribution in [0, 0.1) is 0 Å². The molecule has 1 heterocycles. The van der Waals surface area contributed by atoms with Gasteiger partial charge in [0, 0.05) is 12.1 Å². The molecular formula is C9H14N2O3S. The minimum atomic E-state index is -1.31. The lowest BCUT2D eigenvalue weighted by Gasteiger charge is -2.32. The van der Waals surface area contributed by atoms with Gasteiger partial charge in [0.2, 0.25) is 4.87 Å². The predicted molar refractivity (Wildman–Crippen MR) is 57.9 cm³/mol. The van der Waals surface area contributed by atoms with Crippen molar-refractivity contribution in [3.63, 3.8) is 0 Å². The summed E-state index contributed by atoms with van der Waals surface area (Å²) >= 11 is 0.706. The zero-order chi connectivity index (χ0) is 11.6. The first-order chi connectivity index (χ1) is 6.95. The minimum absolute atomic E-state index is 0.330. The minimum Gasteiger partial charge on any atom is -0.479 e. The molecule has 15 heavy (non-hydrogen) atoms. The quantitative estimate of drug-likeness (QED) is 0.547. The van der Waals surface area contributed by atoms with Crippen LogP contribution in [0.5, 0.6) is 0 Å². The van der Waals surface area contributed by atoms with Crippen molar-refractivity contribution in [2.24, 2.45) is 5.14 Å². The van der Waals surface area contributed by atoms with Gasteiger partial charge in [-0.25, -0.2) is 4.79 Å². The van der Waals surface area contributed by atoms with Gasteiger partial charge in [-0.3, -0.25) is 9.93 Å². The third-order valence-electron chi connectivity index (χ3n) is 2.47. The average molecular weight is 230 g/mol. The number of aliphatic carboxylic acids is 1. The van der Waals surface area contributed by atoms with Gasteiger partial charge in [0.25, 0.3) is 5.91 Å². The van der Waals surface area contributed by atoms with E-state index in [1.54, 1.807) is 6.92 Å². The molecule has 1 aliphatic heterocycles. The van der Waals surface area contributed by atoms with Crippen LogP contribution >= 0.6 is 11.9 Å². The van der Waals surface area contributed by atoms with Gasteiger partial charge < -0.3 is 10.0 Å². The third kappa shape index (κ3) is 1.87. The van der Waals surface area contributed by atoms with Crippen LogP contribution in [0.1, 0.15) is 19.8 Å². The molecule has 0 aromatic heterocycles. The van der Waals surface area contributed by atoms with E-state index in [9.17, 15) is 9.59 Å². The number of hydrogen-bond acceptors (Lipinski definition) is 4. The lowest BCUT2D eigenvalue weighted by atomic mass is 10.2. The van der Waals surface area contributed by atoms with Gasteiger partial charge in [0.1, 0.15) is 0 Å². The van der Waals surface area contributed by atoms with E-state index in [0.29, 0.717) is 36.9 Å². The van der Waals surface area contributed by atoms with Gasteiger partial charge >= 0.3 is 5.97 Å². The summed E-state index contributed by atoms with van der Waals surface area (Å²) in [7, 11) is 0. The van der Waals surface area contributed by atoms with Crippen molar-refractivity contribution in [3.8, 4) is 0 Å². The molecule has 84 valence electrons. The molecule has 1 saturated heterocycles. The van der Waals surface area contributed by atoms with Crippen molar-refractivity contribution in [2.45, 2.75) is 24.6 Å². The molecule has 0 saturated carbocycles. The molecule has 1 atom stereocenters. The number of carbonyl (C=O) groups excluding carboxylic acids is 1. The number of carboxylic acids is 1. The fourth-order valence-corrected chi connectivity index (χ4v) is 2.35. The Morgan fingerprint density at radius 1 is 1.60 bits per heavy atom. The van der Waals surface area contributed by atoms with Crippen LogP contribution in [-0.2, 0) is 9.59 Å². The number of rotatable bonds is 3. The molecule has 0 aliphatic carbocycles. The molecule has 0 spiro atoms. The largest absolute Gasteiger partial charge is 0.479 e. The van der Waals surface area contributed by atoms with E-state index in [2.05, 4.69) is 6.58 Å². The normalized spacial score (nSPS) is 25.3. The van der Waals surface area contributed by atoms with Gasteiger partial charge in [-0.2, -0.15) is 0 Å². The standard InChI is InChI=1S/C9H14N2O3S/c1-6(2)7(12)11-5-3-4-9(11,15-10)8(13)14/h1,3-5,10H2,2H3,(H,13,14)/t9-/m0/s1. The maximum Gasteiger partial charge on any atom is 0.341 e. The van der Waals surface area contributed by atoms with Crippen LogP contribution in [0.15, 0.2) is 12.2 Å². The van der Waals surface area contributed by atoms with Gasteiger partial charge in [-0.1, -0.05) is 6.58 Å². The Morgan fingerprint density at radius 3 is 2.60 bits per heavy atom. The molecule has 1 aliphatic rings. The third-order valence-corrected chi connectivity index (χ3v) is 3.46. The number of nitrogens with zero attached hydrogens (tertiary/aromatic N) is 1. The second-order valence-corrected chi connectivity index (χ2v) is 4.46. The van der Waals surface area contributed by atoms with Crippen LogP contribution in [0.3, 0.4) is 0 Å². The Morgan fingerprint density at radius 2 is 2.20 bits per heavy atom. The van der Waals surface area contributed by atoms with Gasteiger partial charge in [0.05, 0.1) is 0 Å². The van der Waals surface area contributed by atoms with E-state index in [1.165, 1.54) is 4.90 Å². The van der Waals surface area contributed by atoms with E-state index in [0.717, 1.165) is 0 Å². The monoisotopic (exact) mass is 230 g/mol. The predicted octanol–water partition coefficient (Wildman–Crippen LogP) is 0.573. The van der Waals surface area contributed by atoms with Crippen molar-refractivity contribution in [3.05, 3.63) is 12.2 Å². The molecule has 1 rings (SSSR count). The maximum absolute atomic E-state index is 11.7. The highest BCUT2D eigenvalue weighted by Gasteiger charge is 2.50. The van der Waals surface area contributed by atoms with Crippen molar-refractivity contribution in [2.75, 3.05) is 6.54 Å². The summed E-state index contributed by atoms with van der Waals surface area (Å²) in [5.74, 6) is -1.41. The van der Waals surface area contributed by atoms with Gasteiger partial charge in [-0.15, -0.1) is 0 Å². The summed E-state index contributed by atoms with van der Waals surface area (Å²) in [6.45, 7) is 5.51. The van der Waals surface area contributed by atoms with Crippen LogP contribution in [-0.4, -0.2) is 33.3 Å². The van der Waals surface area contributed by atoms with Crippen LogP contribution in [0.4, 0.5) is 0 Å². The van der Waals surface area contributed by atoms with Crippen molar-refractivity contribution < 1.29 is 14.7 Å². The van der Waals surface area contributed by atoms with E-state index in [4.69, 9.17) is 10.2 Å². The highest BCUT2D eigenvalue weighted by Crippen LogP contribution is 2.37. The SMILES string of the molecule is C=C(C)C(=O)N1CCC[C@]1(SN)C(=O)O. The fourth-order valence-electron chi connectivity index (χ4n) is 1.68. The Labute approximate surface area is 92.4 Å². The Hall–Kier alpha value is -1.01. The zero-order valence-electron chi connectivity index (χ0n) is 8.52. The number of carbonyl (C=O) groups is 2. The average Bonchev–Trinajstić information content (AvgIpc) is 2.60. The summed E-state index contributed by atoms with van der Waals surface area (Å²) in [5.41, 5.74) is 0.330. The molecule has 3 N–H and O–H groups in total. The summed E-state index contributed by atoms with van der Waals surface area (Å²) in [4.78, 5) is 22.9. The number of likely N-dealkylation sites (tertiary alicyclic amines) is 1. The van der Waals surface area contributed by atoms with Crippen molar-refractivity contribution in [1.29, 1.82) is 0 Å².